The zero-order chi connectivity index (χ0) is 25.4. The summed E-state index contributed by atoms with van der Waals surface area (Å²) in [6, 6.07) is 11.2. The highest BCUT2D eigenvalue weighted by Crippen LogP contribution is 2.34. The Kier molecular flexibility index (Phi) is 6.19. The van der Waals surface area contributed by atoms with Gasteiger partial charge in [-0.25, -0.2) is 4.68 Å². The fraction of sp³-hybridized carbons (Fsp3) is 0.346. The number of ether oxygens (including phenoxy) is 2. The molecule has 2 aromatic carbocycles. The minimum absolute atomic E-state index is 0.0765. The van der Waals surface area contributed by atoms with Gasteiger partial charge in [-0.05, 0) is 55.7 Å². The Morgan fingerprint density at radius 3 is 2.58 bits per heavy atom. The van der Waals surface area contributed by atoms with E-state index in [-0.39, 0.29) is 30.8 Å². The molecule has 2 heterocycles. The summed E-state index contributed by atoms with van der Waals surface area (Å²) in [5.41, 5.74) is -0.508. The highest BCUT2D eigenvalue weighted by atomic mass is 19.4. The molecule has 0 bridgehead atoms. The first-order valence-corrected chi connectivity index (χ1v) is 11.7. The van der Waals surface area contributed by atoms with Gasteiger partial charge in [0.05, 0.1) is 11.3 Å². The van der Waals surface area contributed by atoms with Crippen LogP contribution in [0.4, 0.5) is 13.2 Å². The lowest BCUT2D eigenvalue weighted by molar-refractivity contribution is -0.137. The van der Waals surface area contributed by atoms with Gasteiger partial charge < -0.3 is 14.4 Å². The summed E-state index contributed by atoms with van der Waals surface area (Å²) < 4.78 is 51.8. The van der Waals surface area contributed by atoms with Gasteiger partial charge in [0.25, 0.3) is 5.91 Å². The highest BCUT2D eigenvalue weighted by Gasteiger charge is 2.32. The summed E-state index contributed by atoms with van der Waals surface area (Å²) in [5, 5.41) is 4.26. The first kappa shape index (κ1) is 23.9. The van der Waals surface area contributed by atoms with Gasteiger partial charge in [0.1, 0.15) is 0 Å². The number of carbonyl (C=O) groups excluding carboxylic acids is 1. The van der Waals surface area contributed by atoms with E-state index in [2.05, 4.69) is 5.10 Å². The largest absolute Gasteiger partial charge is 0.454 e. The van der Waals surface area contributed by atoms with Crippen molar-refractivity contribution < 1.29 is 27.4 Å². The number of aromatic nitrogens is 2. The fourth-order valence-corrected chi connectivity index (χ4v) is 4.73. The second-order valence-electron chi connectivity index (χ2n) is 9.02. The molecule has 1 aromatic heterocycles. The zero-order valence-electron chi connectivity index (χ0n) is 19.5. The summed E-state index contributed by atoms with van der Waals surface area (Å²) in [6.07, 6.45) is -1.02. The minimum atomic E-state index is -4.54. The Labute approximate surface area is 205 Å². The molecule has 2 aliphatic rings. The molecule has 1 aliphatic heterocycles. The molecule has 0 unspecified atom stereocenters. The molecule has 0 N–H and O–H groups in total. The third-order valence-corrected chi connectivity index (χ3v) is 6.54. The molecule has 0 atom stereocenters. The van der Waals surface area contributed by atoms with E-state index in [1.165, 1.54) is 22.9 Å². The second-order valence-corrected chi connectivity index (χ2v) is 9.02. The van der Waals surface area contributed by atoms with Crippen LogP contribution in [-0.2, 0) is 12.7 Å². The summed E-state index contributed by atoms with van der Waals surface area (Å²) >= 11 is 0. The lowest BCUT2D eigenvalue weighted by Crippen LogP contribution is -2.41. The van der Waals surface area contributed by atoms with E-state index in [4.69, 9.17) is 9.47 Å². The van der Waals surface area contributed by atoms with Crippen molar-refractivity contribution >= 4 is 5.91 Å². The minimum Gasteiger partial charge on any atom is -0.454 e. The number of alkyl halides is 3. The van der Waals surface area contributed by atoms with Crippen LogP contribution in [0.2, 0.25) is 0 Å². The van der Waals surface area contributed by atoms with Crippen LogP contribution in [0, 0.1) is 6.92 Å². The van der Waals surface area contributed by atoms with Gasteiger partial charge in [0, 0.05) is 24.3 Å². The summed E-state index contributed by atoms with van der Waals surface area (Å²) in [6.45, 7) is 1.93. The lowest BCUT2D eigenvalue weighted by Gasteiger charge is -2.29. The van der Waals surface area contributed by atoms with E-state index in [0.29, 0.717) is 17.2 Å². The first-order valence-electron chi connectivity index (χ1n) is 11.7. The third kappa shape index (κ3) is 4.67. The van der Waals surface area contributed by atoms with Crippen molar-refractivity contribution in [2.24, 2.45) is 0 Å². The molecule has 3 aromatic rings. The molecule has 10 heteroatoms. The smallest absolute Gasteiger partial charge is 0.416 e. The quantitative estimate of drug-likeness (QED) is 0.501. The maximum Gasteiger partial charge on any atom is 0.416 e. The Morgan fingerprint density at radius 2 is 1.83 bits per heavy atom. The molecule has 1 fully saturated rings. The van der Waals surface area contributed by atoms with Crippen LogP contribution in [0.1, 0.15) is 53.0 Å². The molecule has 0 spiro atoms. The summed E-state index contributed by atoms with van der Waals surface area (Å²) in [4.78, 5) is 28.2. The van der Waals surface area contributed by atoms with Gasteiger partial charge in [0.15, 0.2) is 17.2 Å². The van der Waals surface area contributed by atoms with E-state index < -0.39 is 23.1 Å². The lowest BCUT2D eigenvalue weighted by atomic mass is 10.1. The Morgan fingerprint density at radius 1 is 1.08 bits per heavy atom. The predicted molar refractivity (Wildman–Crippen MR) is 124 cm³/mol. The summed E-state index contributed by atoms with van der Waals surface area (Å²) in [5.74, 6) is 0.665. The Balaban J connectivity index is 1.52. The molecular formula is C26H24F3N3O4. The van der Waals surface area contributed by atoms with Crippen molar-refractivity contribution in [2.45, 2.75) is 51.4 Å². The molecule has 1 aliphatic carbocycles. The van der Waals surface area contributed by atoms with Crippen molar-refractivity contribution in [3.63, 3.8) is 0 Å². The van der Waals surface area contributed by atoms with Crippen molar-refractivity contribution in [3.8, 4) is 17.2 Å². The molecular weight excluding hydrogens is 475 g/mol. The number of benzene rings is 2. The maximum atomic E-state index is 13.7. The molecule has 7 nitrogen and oxygen atoms in total. The SMILES string of the molecule is Cc1cc(=O)c(C(=O)N(Cc2ccc3c(c2)OCO3)C2CCCC2)nn1-c1cccc(C(F)(F)F)c1. The van der Waals surface area contributed by atoms with Crippen molar-refractivity contribution in [1.29, 1.82) is 0 Å². The molecule has 36 heavy (non-hydrogen) atoms. The number of hydrogen-bond acceptors (Lipinski definition) is 5. The fourth-order valence-electron chi connectivity index (χ4n) is 4.73. The van der Waals surface area contributed by atoms with Gasteiger partial charge in [-0.1, -0.05) is 25.0 Å². The third-order valence-electron chi connectivity index (χ3n) is 6.54. The Bertz CT molecular complexity index is 1360. The van der Waals surface area contributed by atoms with Crippen LogP contribution in [0.15, 0.2) is 53.3 Å². The van der Waals surface area contributed by atoms with E-state index in [0.717, 1.165) is 43.4 Å². The van der Waals surface area contributed by atoms with Crippen LogP contribution in [0.25, 0.3) is 5.69 Å². The summed E-state index contributed by atoms with van der Waals surface area (Å²) in [7, 11) is 0. The van der Waals surface area contributed by atoms with Crippen molar-refractivity contribution in [3.05, 3.63) is 81.3 Å². The number of rotatable bonds is 5. The van der Waals surface area contributed by atoms with Gasteiger partial charge in [-0.15, -0.1) is 0 Å². The van der Waals surface area contributed by atoms with E-state index >= 15 is 0 Å². The van der Waals surface area contributed by atoms with Crippen LogP contribution >= 0.6 is 0 Å². The molecule has 0 radical (unpaired) electrons. The average Bonchev–Trinajstić information content (AvgIpc) is 3.54. The Hall–Kier alpha value is -3.82. The topological polar surface area (TPSA) is 73.7 Å². The number of amides is 1. The number of hydrogen-bond donors (Lipinski definition) is 0. The van der Waals surface area contributed by atoms with Gasteiger partial charge in [0.2, 0.25) is 12.2 Å². The van der Waals surface area contributed by atoms with E-state index in [1.807, 2.05) is 6.07 Å². The van der Waals surface area contributed by atoms with Gasteiger partial charge in [-0.2, -0.15) is 18.3 Å². The average molecular weight is 499 g/mol. The number of aryl methyl sites for hydroxylation is 1. The first-order chi connectivity index (χ1) is 17.2. The van der Waals surface area contributed by atoms with Crippen LogP contribution < -0.4 is 14.9 Å². The monoisotopic (exact) mass is 499 g/mol. The van der Waals surface area contributed by atoms with Crippen molar-refractivity contribution in [1.82, 2.24) is 14.7 Å². The van der Waals surface area contributed by atoms with E-state index in [1.54, 1.807) is 24.0 Å². The predicted octanol–water partition coefficient (Wildman–Crippen LogP) is 4.87. The number of fused-ring (bicyclic) bond motifs is 1. The maximum absolute atomic E-state index is 13.7. The molecule has 0 saturated heterocycles. The zero-order valence-corrected chi connectivity index (χ0v) is 19.5. The van der Waals surface area contributed by atoms with Crippen molar-refractivity contribution in [2.75, 3.05) is 6.79 Å². The highest BCUT2D eigenvalue weighted by molar-refractivity contribution is 5.92. The number of carbonyl (C=O) groups is 1. The van der Waals surface area contributed by atoms with Gasteiger partial charge in [-0.3, -0.25) is 9.59 Å². The van der Waals surface area contributed by atoms with E-state index in [9.17, 15) is 22.8 Å². The van der Waals surface area contributed by atoms with Crippen LogP contribution in [-0.4, -0.2) is 33.4 Å². The standard InChI is InChI=1S/C26H24F3N3O4/c1-16-11-21(33)24(30-32(16)20-8-4-5-18(13-20)26(27,28)29)25(34)31(19-6-2-3-7-19)14-17-9-10-22-23(12-17)36-15-35-22/h4-5,8-13,19H,2-3,6-7,14-15H2,1H3. The molecule has 1 amide bonds. The van der Waals surface area contributed by atoms with Crippen LogP contribution in [0.5, 0.6) is 11.5 Å². The number of halogens is 3. The van der Waals surface area contributed by atoms with Gasteiger partial charge >= 0.3 is 6.18 Å². The molecule has 5 rings (SSSR count). The normalized spacial score (nSPS) is 15.3. The molecule has 1 saturated carbocycles. The molecule has 188 valence electrons. The van der Waals surface area contributed by atoms with Crippen LogP contribution in [0.3, 0.4) is 0 Å². The number of nitrogens with zero attached hydrogens (tertiary/aromatic N) is 3. The second kappa shape index (κ2) is 9.33.